The molecule has 0 nitrogen and oxygen atoms in total. The van der Waals surface area contributed by atoms with Crippen LogP contribution in [0, 0.1) is 13.8 Å². The molecule has 0 aliphatic rings. The highest BCUT2D eigenvalue weighted by atomic mass is 32.1. The van der Waals surface area contributed by atoms with Crippen LogP contribution in [0.1, 0.15) is 32.0 Å². The number of rotatable bonds is 7. The fourth-order valence-corrected chi connectivity index (χ4v) is 7.61. The Morgan fingerprint density at radius 3 is 1.31 bits per heavy atom. The zero-order valence-electron chi connectivity index (χ0n) is 20.9. The summed E-state index contributed by atoms with van der Waals surface area (Å²) in [5.41, 5.74) is 8.44. The van der Waals surface area contributed by atoms with Gasteiger partial charge in [0.25, 0.3) is 0 Å². The van der Waals surface area contributed by atoms with Crippen LogP contribution in [-0.4, -0.2) is 0 Å². The van der Waals surface area contributed by atoms with E-state index in [1.54, 1.807) is 0 Å². The Morgan fingerprint density at radius 1 is 0.472 bits per heavy atom. The molecular formula is C34H30S2. The van der Waals surface area contributed by atoms with Crippen LogP contribution in [0.2, 0.25) is 0 Å². The monoisotopic (exact) mass is 502 g/mol. The summed E-state index contributed by atoms with van der Waals surface area (Å²) in [4.78, 5) is 3.03. The maximum absolute atomic E-state index is 2.41. The number of fused-ring (bicyclic) bond motifs is 2. The minimum absolute atomic E-state index is 1.07. The number of aryl methyl sites for hydroxylation is 6. The van der Waals surface area contributed by atoms with E-state index >= 15 is 0 Å². The molecule has 0 bridgehead atoms. The Hall–Kier alpha value is -3.20. The van der Waals surface area contributed by atoms with Gasteiger partial charge in [0.2, 0.25) is 0 Å². The van der Waals surface area contributed by atoms with Crippen molar-refractivity contribution in [2.24, 2.45) is 0 Å². The van der Waals surface area contributed by atoms with Crippen LogP contribution in [0.5, 0.6) is 0 Å². The molecule has 0 atom stereocenters. The van der Waals surface area contributed by atoms with Gasteiger partial charge in [0, 0.05) is 41.1 Å². The number of hydrogen-bond acceptors (Lipinski definition) is 2. The summed E-state index contributed by atoms with van der Waals surface area (Å²) >= 11 is 3.98. The molecule has 4 aromatic carbocycles. The summed E-state index contributed by atoms with van der Waals surface area (Å²) in [6.07, 6.45) is 4.28. The van der Waals surface area contributed by atoms with Gasteiger partial charge in [-0.05, 0) is 74.9 Å². The van der Waals surface area contributed by atoms with Crippen LogP contribution in [0.4, 0.5) is 0 Å². The van der Waals surface area contributed by atoms with Crippen molar-refractivity contribution in [1.82, 2.24) is 0 Å². The number of benzene rings is 4. The van der Waals surface area contributed by atoms with Crippen LogP contribution in [-0.2, 0) is 25.7 Å². The predicted molar refractivity (Wildman–Crippen MR) is 160 cm³/mol. The Kier molecular flexibility index (Phi) is 6.48. The molecule has 178 valence electrons. The van der Waals surface area contributed by atoms with Gasteiger partial charge in [-0.2, -0.15) is 0 Å². The molecule has 0 aliphatic carbocycles. The van der Waals surface area contributed by atoms with E-state index in [0.29, 0.717) is 0 Å². The Bertz CT molecular complexity index is 1510. The average molecular weight is 503 g/mol. The standard InChI is InChI=1S/C34H30S2/c1-23-13-17-29-27(21-23)33(31(35-29)19-15-25-9-5-3-6-10-25)34-28-22-24(2)14-18-30(28)36-32(34)20-16-26-11-7-4-8-12-26/h3-14,17-18,21-22H,15-16,19-20H2,1-2H3. The normalized spacial score (nSPS) is 11.5. The summed E-state index contributed by atoms with van der Waals surface area (Å²) in [5.74, 6) is 0. The van der Waals surface area contributed by atoms with Gasteiger partial charge < -0.3 is 0 Å². The first-order valence-corrected chi connectivity index (χ1v) is 14.4. The van der Waals surface area contributed by atoms with Crippen LogP contribution >= 0.6 is 22.7 Å². The molecule has 0 saturated heterocycles. The van der Waals surface area contributed by atoms with Crippen molar-refractivity contribution in [2.45, 2.75) is 39.5 Å². The molecule has 36 heavy (non-hydrogen) atoms. The van der Waals surface area contributed by atoms with E-state index in [2.05, 4.69) is 111 Å². The highest BCUT2D eigenvalue weighted by Crippen LogP contribution is 2.47. The summed E-state index contributed by atoms with van der Waals surface area (Å²) in [7, 11) is 0. The third kappa shape index (κ3) is 4.64. The number of hydrogen-bond donors (Lipinski definition) is 0. The van der Waals surface area contributed by atoms with Crippen LogP contribution in [0.3, 0.4) is 0 Å². The van der Waals surface area contributed by atoms with E-state index in [4.69, 9.17) is 0 Å². The minimum atomic E-state index is 1.07. The molecule has 0 radical (unpaired) electrons. The molecule has 0 amide bonds. The predicted octanol–water partition coefficient (Wildman–Crippen LogP) is 9.97. The highest BCUT2D eigenvalue weighted by Gasteiger charge is 2.22. The van der Waals surface area contributed by atoms with Crippen LogP contribution in [0.15, 0.2) is 97.1 Å². The van der Waals surface area contributed by atoms with Crippen molar-refractivity contribution in [2.75, 3.05) is 0 Å². The summed E-state index contributed by atoms with van der Waals surface area (Å²) in [6.45, 7) is 4.44. The lowest BCUT2D eigenvalue weighted by Crippen LogP contribution is -1.94. The van der Waals surface area contributed by atoms with Gasteiger partial charge in [-0.3, -0.25) is 0 Å². The van der Waals surface area contributed by atoms with Gasteiger partial charge in [-0.25, -0.2) is 0 Å². The summed E-state index contributed by atoms with van der Waals surface area (Å²) in [5, 5.41) is 2.84. The van der Waals surface area contributed by atoms with Crippen molar-refractivity contribution in [3.05, 3.63) is 129 Å². The molecule has 6 rings (SSSR count). The fraction of sp³-hybridized carbons (Fsp3) is 0.176. The second kappa shape index (κ2) is 10.0. The van der Waals surface area contributed by atoms with Gasteiger partial charge >= 0.3 is 0 Å². The quantitative estimate of drug-likeness (QED) is 0.204. The van der Waals surface area contributed by atoms with Crippen molar-refractivity contribution in [3.8, 4) is 11.1 Å². The molecule has 0 fully saturated rings. The maximum atomic E-state index is 2.41. The topological polar surface area (TPSA) is 0 Å². The lowest BCUT2D eigenvalue weighted by Gasteiger charge is -2.10. The van der Waals surface area contributed by atoms with Crippen molar-refractivity contribution < 1.29 is 0 Å². The molecule has 2 aromatic heterocycles. The molecule has 0 unspecified atom stereocenters. The van der Waals surface area contributed by atoms with E-state index in [0.717, 1.165) is 25.7 Å². The second-order valence-electron chi connectivity index (χ2n) is 9.77. The first kappa shape index (κ1) is 23.2. The van der Waals surface area contributed by atoms with Crippen molar-refractivity contribution in [1.29, 1.82) is 0 Å². The van der Waals surface area contributed by atoms with Crippen LogP contribution in [0.25, 0.3) is 31.3 Å². The lowest BCUT2D eigenvalue weighted by molar-refractivity contribution is 0.975. The van der Waals surface area contributed by atoms with Gasteiger partial charge in [0.1, 0.15) is 0 Å². The molecule has 6 aromatic rings. The fourth-order valence-electron chi connectivity index (χ4n) is 5.23. The van der Waals surface area contributed by atoms with E-state index in [1.165, 1.54) is 63.3 Å². The second-order valence-corrected chi connectivity index (χ2v) is 12.0. The first-order valence-electron chi connectivity index (χ1n) is 12.8. The molecule has 0 N–H and O–H groups in total. The van der Waals surface area contributed by atoms with E-state index in [9.17, 15) is 0 Å². The van der Waals surface area contributed by atoms with E-state index in [1.807, 2.05) is 22.7 Å². The number of thiophene rings is 2. The molecular weight excluding hydrogens is 473 g/mol. The summed E-state index contributed by atoms with van der Waals surface area (Å²) < 4.78 is 2.80. The molecule has 0 spiro atoms. The van der Waals surface area contributed by atoms with E-state index in [-0.39, 0.29) is 0 Å². The van der Waals surface area contributed by atoms with Gasteiger partial charge in [0.15, 0.2) is 0 Å². The molecule has 2 heteroatoms. The first-order chi connectivity index (χ1) is 17.7. The highest BCUT2D eigenvalue weighted by molar-refractivity contribution is 7.21. The van der Waals surface area contributed by atoms with Gasteiger partial charge in [-0.1, -0.05) is 83.9 Å². The Morgan fingerprint density at radius 2 is 0.889 bits per heavy atom. The van der Waals surface area contributed by atoms with Crippen LogP contribution < -0.4 is 0 Å². The van der Waals surface area contributed by atoms with Crippen molar-refractivity contribution in [3.63, 3.8) is 0 Å². The lowest BCUT2D eigenvalue weighted by atomic mass is 9.94. The zero-order chi connectivity index (χ0) is 24.5. The molecule has 0 aliphatic heterocycles. The maximum Gasteiger partial charge on any atom is 0.0352 e. The van der Waals surface area contributed by atoms with Crippen molar-refractivity contribution >= 4 is 42.8 Å². The average Bonchev–Trinajstić information content (AvgIpc) is 3.43. The third-order valence-electron chi connectivity index (χ3n) is 7.05. The Balaban J connectivity index is 1.52. The smallest absolute Gasteiger partial charge is 0.0352 e. The summed E-state index contributed by atoms with van der Waals surface area (Å²) in [6, 6.07) is 35.8. The van der Waals surface area contributed by atoms with Gasteiger partial charge in [-0.15, -0.1) is 22.7 Å². The minimum Gasteiger partial charge on any atom is -0.140 e. The molecule has 2 heterocycles. The van der Waals surface area contributed by atoms with Gasteiger partial charge in [0.05, 0.1) is 0 Å². The van der Waals surface area contributed by atoms with E-state index < -0.39 is 0 Å². The Labute approximate surface area is 221 Å². The third-order valence-corrected chi connectivity index (χ3v) is 9.51. The molecule has 0 saturated carbocycles. The zero-order valence-corrected chi connectivity index (χ0v) is 22.5. The SMILES string of the molecule is Cc1ccc2sc(CCc3ccccc3)c(-c3c(CCc4ccccc4)sc4ccc(C)cc34)c2c1. The largest absolute Gasteiger partial charge is 0.140 e.